The Hall–Kier alpha value is -1.88. The third-order valence-corrected chi connectivity index (χ3v) is 2.94. The molecule has 0 saturated heterocycles. The highest BCUT2D eigenvalue weighted by Gasteiger charge is 2.10. The van der Waals surface area contributed by atoms with E-state index in [4.69, 9.17) is 26.8 Å². The third kappa shape index (κ3) is 2.36. The number of halogens is 1. The predicted molar refractivity (Wildman–Crippen MR) is 70.3 cm³/mol. The molecule has 2 rings (SSSR count). The van der Waals surface area contributed by atoms with Crippen LogP contribution in [0.25, 0.3) is 0 Å². The van der Waals surface area contributed by atoms with Gasteiger partial charge in [-0.15, -0.1) is 0 Å². The molecule has 6 heteroatoms. The lowest BCUT2D eigenvalue weighted by Gasteiger charge is -2.11. The van der Waals surface area contributed by atoms with Crippen molar-refractivity contribution >= 4 is 17.4 Å². The number of benzene rings is 1. The largest absolute Gasteiger partial charge is 0.497 e. The van der Waals surface area contributed by atoms with Gasteiger partial charge in [-0.05, 0) is 12.1 Å². The number of ether oxygens (including phenoxy) is 2. The van der Waals surface area contributed by atoms with Gasteiger partial charge in [-0.3, -0.25) is 0 Å². The lowest BCUT2D eigenvalue weighted by atomic mass is 10.2. The molecule has 0 aliphatic heterocycles. The number of hydrogen-bond acceptors (Lipinski definition) is 4. The Balaban J connectivity index is 2.31. The SMILES string of the molecule is COc1ccc(Cn2ncc(Cl)c2N)c(OC)c1. The van der Waals surface area contributed by atoms with Gasteiger partial charge in [0.15, 0.2) is 0 Å². The van der Waals surface area contributed by atoms with Crippen molar-refractivity contribution in [2.24, 2.45) is 0 Å². The van der Waals surface area contributed by atoms with Crippen LogP contribution in [0, 0.1) is 0 Å². The molecule has 0 atom stereocenters. The van der Waals surface area contributed by atoms with E-state index in [0.717, 1.165) is 17.1 Å². The summed E-state index contributed by atoms with van der Waals surface area (Å²) in [6.45, 7) is 0.492. The topological polar surface area (TPSA) is 62.3 Å². The number of rotatable bonds is 4. The summed E-state index contributed by atoms with van der Waals surface area (Å²) in [7, 11) is 3.22. The van der Waals surface area contributed by atoms with E-state index in [-0.39, 0.29) is 0 Å². The fourth-order valence-corrected chi connectivity index (χ4v) is 1.78. The summed E-state index contributed by atoms with van der Waals surface area (Å²) in [5.41, 5.74) is 6.75. The predicted octanol–water partition coefficient (Wildman–Crippen LogP) is 2.18. The van der Waals surface area contributed by atoms with Crippen LogP contribution in [0.4, 0.5) is 5.82 Å². The van der Waals surface area contributed by atoms with Gasteiger partial charge < -0.3 is 15.2 Å². The molecule has 0 amide bonds. The molecule has 0 fully saturated rings. The minimum Gasteiger partial charge on any atom is -0.497 e. The molecule has 0 bridgehead atoms. The quantitative estimate of drug-likeness (QED) is 0.922. The van der Waals surface area contributed by atoms with Gasteiger partial charge in [-0.1, -0.05) is 11.6 Å². The van der Waals surface area contributed by atoms with Gasteiger partial charge in [0.05, 0.1) is 27.0 Å². The Morgan fingerprint density at radius 3 is 2.67 bits per heavy atom. The van der Waals surface area contributed by atoms with Crippen molar-refractivity contribution in [3.8, 4) is 11.5 Å². The molecule has 0 radical (unpaired) electrons. The number of nitrogens with two attached hydrogens (primary N) is 1. The summed E-state index contributed by atoms with van der Waals surface area (Å²) >= 11 is 5.86. The monoisotopic (exact) mass is 267 g/mol. The van der Waals surface area contributed by atoms with Crippen molar-refractivity contribution in [2.75, 3.05) is 20.0 Å². The first-order valence-electron chi connectivity index (χ1n) is 5.33. The standard InChI is InChI=1S/C12H14ClN3O2/c1-17-9-4-3-8(11(5-9)18-2)7-16-12(14)10(13)6-15-16/h3-6H,7,14H2,1-2H3. The van der Waals surface area contributed by atoms with Crippen molar-refractivity contribution in [1.82, 2.24) is 9.78 Å². The van der Waals surface area contributed by atoms with Gasteiger partial charge in [0, 0.05) is 11.6 Å². The zero-order chi connectivity index (χ0) is 13.1. The Bertz CT molecular complexity index is 554. The number of nitrogens with zero attached hydrogens (tertiary/aromatic N) is 2. The first-order valence-corrected chi connectivity index (χ1v) is 5.71. The molecule has 0 spiro atoms. The molecule has 18 heavy (non-hydrogen) atoms. The molecule has 0 unspecified atom stereocenters. The molecule has 2 N–H and O–H groups in total. The second-order valence-electron chi connectivity index (χ2n) is 3.71. The molecule has 5 nitrogen and oxygen atoms in total. The zero-order valence-corrected chi connectivity index (χ0v) is 10.9. The van der Waals surface area contributed by atoms with E-state index in [1.807, 2.05) is 18.2 Å². The minimum atomic E-state index is 0.439. The lowest BCUT2D eigenvalue weighted by molar-refractivity contribution is 0.389. The summed E-state index contributed by atoms with van der Waals surface area (Å²) in [4.78, 5) is 0. The molecule has 0 saturated carbocycles. The van der Waals surface area contributed by atoms with E-state index in [1.54, 1.807) is 18.9 Å². The Kier molecular flexibility index (Phi) is 3.62. The van der Waals surface area contributed by atoms with Crippen molar-refractivity contribution in [2.45, 2.75) is 6.54 Å². The summed E-state index contributed by atoms with van der Waals surface area (Å²) in [5, 5.41) is 4.55. The van der Waals surface area contributed by atoms with Gasteiger partial charge in [0.1, 0.15) is 22.3 Å². The van der Waals surface area contributed by atoms with Crippen LogP contribution in [0.3, 0.4) is 0 Å². The minimum absolute atomic E-state index is 0.439. The summed E-state index contributed by atoms with van der Waals surface area (Å²) < 4.78 is 12.1. The molecule has 1 aromatic heterocycles. The number of anilines is 1. The van der Waals surface area contributed by atoms with E-state index >= 15 is 0 Å². The summed E-state index contributed by atoms with van der Waals surface area (Å²) in [6.07, 6.45) is 1.52. The number of aromatic nitrogens is 2. The molecular weight excluding hydrogens is 254 g/mol. The number of nitrogen functional groups attached to an aromatic ring is 1. The van der Waals surface area contributed by atoms with E-state index in [1.165, 1.54) is 6.20 Å². The third-order valence-electron chi connectivity index (χ3n) is 2.65. The molecule has 96 valence electrons. The Morgan fingerprint density at radius 2 is 2.11 bits per heavy atom. The lowest BCUT2D eigenvalue weighted by Crippen LogP contribution is -2.07. The highest BCUT2D eigenvalue weighted by molar-refractivity contribution is 6.32. The van der Waals surface area contributed by atoms with Crippen molar-refractivity contribution in [3.05, 3.63) is 35.0 Å². The molecular formula is C12H14ClN3O2. The molecule has 2 aromatic rings. The van der Waals surface area contributed by atoms with Crippen molar-refractivity contribution < 1.29 is 9.47 Å². The van der Waals surface area contributed by atoms with E-state index in [2.05, 4.69) is 5.10 Å². The van der Waals surface area contributed by atoms with Gasteiger partial charge >= 0.3 is 0 Å². The summed E-state index contributed by atoms with van der Waals surface area (Å²) in [5.74, 6) is 1.90. The maximum absolute atomic E-state index is 5.86. The fourth-order valence-electron chi connectivity index (χ4n) is 1.64. The van der Waals surface area contributed by atoms with Crippen molar-refractivity contribution in [3.63, 3.8) is 0 Å². The molecule has 0 aliphatic rings. The van der Waals surface area contributed by atoms with Crippen molar-refractivity contribution in [1.29, 1.82) is 0 Å². The van der Waals surface area contributed by atoms with Crippen LogP contribution in [-0.2, 0) is 6.54 Å². The highest BCUT2D eigenvalue weighted by Crippen LogP contribution is 2.26. The second-order valence-corrected chi connectivity index (χ2v) is 4.12. The maximum atomic E-state index is 5.86. The smallest absolute Gasteiger partial charge is 0.140 e. The zero-order valence-electron chi connectivity index (χ0n) is 10.2. The van der Waals surface area contributed by atoms with Crippen LogP contribution < -0.4 is 15.2 Å². The molecule has 1 aromatic carbocycles. The Labute approximate surface area is 110 Å². The van der Waals surface area contributed by atoms with E-state index in [0.29, 0.717) is 17.4 Å². The average molecular weight is 268 g/mol. The van der Waals surface area contributed by atoms with Gasteiger partial charge in [0.25, 0.3) is 0 Å². The second kappa shape index (κ2) is 5.18. The normalized spacial score (nSPS) is 10.4. The first-order chi connectivity index (χ1) is 8.65. The van der Waals surface area contributed by atoms with Crippen LogP contribution in [0.1, 0.15) is 5.56 Å². The number of methoxy groups -OCH3 is 2. The van der Waals surface area contributed by atoms with E-state index in [9.17, 15) is 0 Å². The van der Waals surface area contributed by atoms with Gasteiger partial charge in [-0.2, -0.15) is 5.10 Å². The van der Waals surface area contributed by atoms with Crippen LogP contribution in [-0.4, -0.2) is 24.0 Å². The first kappa shape index (κ1) is 12.6. The average Bonchev–Trinajstić information content (AvgIpc) is 2.71. The van der Waals surface area contributed by atoms with Crippen LogP contribution in [0.5, 0.6) is 11.5 Å². The van der Waals surface area contributed by atoms with Crippen LogP contribution >= 0.6 is 11.6 Å². The van der Waals surface area contributed by atoms with Gasteiger partial charge in [-0.25, -0.2) is 4.68 Å². The molecule has 0 aliphatic carbocycles. The fraction of sp³-hybridized carbons (Fsp3) is 0.250. The van der Waals surface area contributed by atoms with Gasteiger partial charge in [0.2, 0.25) is 0 Å². The number of hydrogen-bond donors (Lipinski definition) is 1. The van der Waals surface area contributed by atoms with Crippen LogP contribution in [0.15, 0.2) is 24.4 Å². The Morgan fingerprint density at radius 1 is 1.33 bits per heavy atom. The van der Waals surface area contributed by atoms with Crippen LogP contribution in [0.2, 0.25) is 5.02 Å². The summed E-state index contributed by atoms with van der Waals surface area (Å²) in [6, 6.07) is 5.59. The highest BCUT2D eigenvalue weighted by atomic mass is 35.5. The maximum Gasteiger partial charge on any atom is 0.140 e. The molecule has 1 heterocycles. The van der Waals surface area contributed by atoms with E-state index < -0.39 is 0 Å².